The van der Waals surface area contributed by atoms with Crippen molar-refractivity contribution in [3.63, 3.8) is 0 Å². The van der Waals surface area contributed by atoms with Gasteiger partial charge in [-0.15, -0.1) is 0 Å². The third-order valence-corrected chi connectivity index (χ3v) is 10.4. The minimum atomic E-state index is -2.00. The molecule has 1 saturated heterocycles. The summed E-state index contributed by atoms with van der Waals surface area (Å²) in [4.78, 5) is 54.0. The average molecular weight is 673 g/mol. The molecule has 6 rings (SSSR count). The zero-order valence-corrected chi connectivity index (χ0v) is 27.9. The van der Waals surface area contributed by atoms with Crippen LogP contribution in [0.3, 0.4) is 0 Å². The van der Waals surface area contributed by atoms with Crippen molar-refractivity contribution >= 4 is 23.9 Å². The van der Waals surface area contributed by atoms with Gasteiger partial charge in [-0.1, -0.05) is 54.6 Å². The van der Waals surface area contributed by atoms with Crippen molar-refractivity contribution in [1.29, 1.82) is 0 Å². The molecule has 49 heavy (non-hydrogen) atoms. The van der Waals surface area contributed by atoms with Crippen LogP contribution in [0.25, 0.3) is 0 Å². The first kappa shape index (κ1) is 34.3. The fourth-order valence-electron chi connectivity index (χ4n) is 8.45. The maximum atomic E-state index is 13.9. The Hall–Kier alpha value is -4.58. The molecule has 11 nitrogen and oxygen atoms in total. The van der Waals surface area contributed by atoms with E-state index < -0.39 is 82.5 Å². The Balaban J connectivity index is 1.55. The molecule has 1 heterocycles. The van der Waals surface area contributed by atoms with Crippen LogP contribution in [0.5, 0.6) is 0 Å². The number of benzene rings is 3. The third kappa shape index (κ3) is 5.50. The summed E-state index contributed by atoms with van der Waals surface area (Å²) in [5.41, 5.74) is -6.61. The first-order valence-electron chi connectivity index (χ1n) is 16.2. The van der Waals surface area contributed by atoms with E-state index in [1.807, 2.05) is 0 Å². The number of ether oxygens (including phenoxy) is 5. The lowest BCUT2D eigenvalue weighted by Crippen LogP contribution is -2.83. The van der Waals surface area contributed by atoms with E-state index in [2.05, 4.69) is 0 Å². The molecule has 9 unspecified atom stereocenters. The van der Waals surface area contributed by atoms with Crippen molar-refractivity contribution in [1.82, 2.24) is 0 Å². The topological polar surface area (TPSA) is 155 Å². The SMILES string of the molecule is CC(=O)OC1C(OC(=O)c2ccccc2)CC(C)(O)C23OC(C)(C)C(C(OC(=O)c4ccccc4)C(OC(=O)c4ccccc4)C12C)C3O. The Morgan fingerprint density at radius 2 is 1.12 bits per heavy atom. The molecule has 3 aromatic rings. The van der Waals surface area contributed by atoms with Gasteiger partial charge in [0.05, 0.1) is 45.3 Å². The molecule has 9 atom stereocenters. The smallest absolute Gasteiger partial charge is 0.338 e. The van der Waals surface area contributed by atoms with Gasteiger partial charge in [-0.3, -0.25) is 4.79 Å². The summed E-state index contributed by atoms with van der Waals surface area (Å²) in [7, 11) is 0. The zero-order chi connectivity index (χ0) is 35.4. The first-order chi connectivity index (χ1) is 23.1. The molecule has 2 N–H and O–H groups in total. The van der Waals surface area contributed by atoms with E-state index in [0.717, 1.165) is 6.92 Å². The van der Waals surface area contributed by atoms with Gasteiger partial charge in [0.25, 0.3) is 0 Å². The van der Waals surface area contributed by atoms with Crippen LogP contribution in [0.4, 0.5) is 0 Å². The lowest BCUT2D eigenvalue weighted by atomic mass is 9.46. The number of hydrogen-bond donors (Lipinski definition) is 2. The highest BCUT2D eigenvalue weighted by atomic mass is 16.6. The van der Waals surface area contributed by atoms with Crippen LogP contribution in [0, 0.1) is 11.3 Å². The Morgan fingerprint density at radius 1 is 0.673 bits per heavy atom. The predicted octanol–water partition coefficient (Wildman–Crippen LogP) is 4.29. The maximum Gasteiger partial charge on any atom is 0.338 e. The molecule has 258 valence electrons. The summed E-state index contributed by atoms with van der Waals surface area (Å²) in [6, 6.07) is 24.4. The second-order valence-electron chi connectivity index (χ2n) is 13.9. The van der Waals surface area contributed by atoms with Crippen LogP contribution >= 0.6 is 0 Å². The summed E-state index contributed by atoms with van der Waals surface area (Å²) < 4.78 is 31.2. The highest BCUT2D eigenvalue weighted by Crippen LogP contribution is 2.68. The van der Waals surface area contributed by atoms with E-state index in [-0.39, 0.29) is 23.1 Å². The Kier molecular flexibility index (Phi) is 8.67. The monoisotopic (exact) mass is 672 g/mol. The number of aliphatic hydroxyl groups is 2. The van der Waals surface area contributed by atoms with Gasteiger partial charge in [0, 0.05) is 13.3 Å². The number of esters is 4. The molecular weight excluding hydrogens is 632 g/mol. The Labute approximate surface area is 284 Å². The Bertz CT molecular complexity index is 1720. The minimum absolute atomic E-state index is 0.172. The van der Waals surface area contributed by atoms with E-state index in [0.29, 0.717) is 0 Å². The number of aliphatic hydroxyl groups excluding tert-OH is 1. The molecule has 2 aliphatic carbocycles. The molecule has 3 aromatic carbocycles. The lowest BCUT2D eigenvalue weighted by molar-refractivity contribution is -0.349. The van der Waals surface area contributed by atoms with Crippen molar-refractivity contribution in [2.45, 2.75) is 88.4 Å². The molecule has 0 radical (unpaired) electrons. The fourth-order valence-corrected chi connectivity index (χ4v) is 8.45. The number of hydrogen-bond acceptors (Lipinski definition) is 11. The quantitative estimate of drug-likeness (QED) is 0.273. The van der Waals surface area contributed by atoms with Crippen LogP contribution in [0.2, 0.25) is 0 Å². The summed E-state index contributed by atoms with van der Waals surface area (Å²) in [6.07, 6.45) is -7.60. The molecule has 1 spiro atoms. The van der Waals surface area contributed by atoms with Gasteiger partial charge >= 0.3 is 23.9 Å². The summed E-state index contributed by atoms with van der Waals surface area (Å²) in [5.74, 6) is -4.15. The van der Waals surface area contributed by atoms with Gasteiger partial charge in [-0.05, 0) is 64.1 Å². The molecule has 2 bridgehead atoms. The van der Waals surface area contributed by atoms with Gasteiger partial charge in [0.2, 0.25) is 0 Å². The van der Waals surface area contributed by atoms with Crippen LogP contribution < -0.4 is 0 Å². The number of fused-ring (bicyclic) bond motifs is 1. The van der Waals surface area contributed by atoms with Gasteiger partial charge in [0.1, 0.15) is 17.8 Å². The molecule has 1 aliphatic heterocycles. The number of carbonyl (C=O) groups is 4. The molecule has 0 amide bonds. The maximum absolute atomic E-state index is 13.9. The number of rotatable bonds is 7. The number of carbonyl (C=O) groups excluding carboxylic acids is 4. The lowest BCUT2D eigenvalue weighted by Gasteiger charge is -2.65. The fraction of sp³-hybridized carbons (Fsp3) is 0.421. The molecule has 11 heteroatoms. The van der Waals surface area contributed by atoms with E-state index in [1.165, 1.54) is 13.8 Å². The summed E-state index contributed by atoms with van der Waals surface area (Å²) in [5, 5.41) is 24.9. The Morgan fingerprint density at radius 3 is 1.59 bits per heavy atom. The predicted molar refractivity (Wildman–Crippen MR) is 173 cm³/mol. The van der Waals surface area contributed by atoms with Crippen molar-refractivity contribution in [2.24, 2.45) is 11.3 Å². The van der Waals surface area contributed by atoms with E-state index >= 15 is 0 Å². The zero-order valence-electron chi connectivity index (χ0n) is 27.9. The molecule has 2 saturated carbocycles. The van der Waals surface area contributed by atoms with Crippen LogP contribution in [-0.2, 0) is 28.5 Å². The molecular formula is C38H40O11. The highest BCUT2D eigenvalue weighted by molar-refractivity contribution is 5.91. The van der Waals surface area contributed by atoms with Gasteiger partial charge in [-0.2, -0.15) is 0 Å². The first-order valence-corrected chi connectivity index (χ1v) is 16.2. The van der Waals surface area contributed by atoms with Crippen LogP contribution in [0.1, 0.15) is 72.1 Å². The van der Waals surface area contributed by atoms with Crippen LogP contribution in [-0.4, -0.2) is 81.4 Å². The normalized spacial score (nSPS) is 34.2. The second-order valence-corrected chi connectivity index (χ2v) is 13.9. The summed E-state index contributed by atoms with van der Waals surface area (Å²) in [6.45, 7) is 7.49. The molecule has 0 aromatic heterocycles. The third-order valence-electron chi connectivity index (χ3n) is 10.4. The second kappa shape index (κ2) is 12.4. The largest absolute Gasteiger partial charge is 0.458 e. The van der Waals surface area contributed by atoms with E-state index in [1.54, 1.807) is 105 Å². The van der Waals surface area contributed by atoms with E-state index in [9.17, 15) is 29.4 Å². The van der Waals surface area contributed by atoms with Crippen molar-refractivity contribution in [3.8, 4) is 0 Å². The van der Waals surface area contributed by atoms with Gasteiger partial charge < -0.3 is 33.9 Å². The van der Waals surface area contributed by atoms with E-state index in [4.69, 9.17) is 23.7 Å². The molecule has 3 fully saturated rings. The van der Waals surface area contributed by atoms with Crippen molar-refractivity contribution in [2.75, 3.05) is 0 Å². The van der Waals surface area contributed by atoms with Gasteiger partial charge in [0.15, 0.2) is 12.2 Å². The molecule has 3 aliphatic rings. The van der Waals surface area contributed by atoms with Crippen molar-refractivity contribution < 1.29 is 53.1 Å². The van der Waals surface area contributed by atoms with Gasteiger partial charge in [-0.25, -0.2) is 14.4 Å². The van der Waals surface area contributed by atoms with Crippen molar-refractivity contribution in [3.05, 3.63) is 108 Å². The van der Waals surface area contributed by atoms with Crippen LogP contribution in [0.15, 0.2) is 91.0 Å². The highest BCUT2D eigenvalue weighted by Gasteiger charge is 2.86. The minimum Gasteiger partial charge on any atom is -0.458 e. The summed E-state index contributed by atoms with van der Waals surface area (Å²) >= 11 is 0. The standard InChI is InChI=1S/C38H40O11/c1-22(39)45-30-26(46-32(41)23-15-9-6-10-16-23)21-36(4,44)38-29(40)27(35(2,3)49-38)28(47-33(42)24-17-11-7-12-18-24)31(37(30,38)5)48-34(43)25-19-13-8-14-20-25/h6-20,26-31,40,44H,21H2,1-5H3. The average Bonchev–Trinajstić information content (AvgIpc) is 3.26.